The summed E-state index contributed by atoms with van der Waals surface area (Å²) in [6, 6.07) is 4.99. The Morgan fingerprint density at radius 2 is 2.15 bits per heavy atom. The summed E-state index contributed by atoms with van der Waals surface area (Å²) < 4.78 is 10.9. The fraction of sp³-hybridized carbons (Fsp3) is 0.571. The van der Waals surface area contributed by atoms with Crippen molar-refractivity contribution in [1.82, 2.24) is 0 Å². The first-order valence-corrected chi connectivity index (χ1v) is 6.79. The molecule has 20 heavy (non-hydrogen) atoms. The lowest BCUT2D eigenvalue weighted by Crippen LogP contribution is -2.16. The number of hydrogen-bond acceptors (Lipinski definition) is 5. The number of anilines is 1. The molecule has 0 aliphatic carbocycles. The van der Waals surface area contributed by atoms with Crippen molar-refractivity contribution in [1.29, 1.82) is 0 Å². The summed E-state index contributed by atoms with van der Waals surface area (Å²) in [7, 11) is 0. The monoisotopic (exact) mass is 282 g/mol. The quantitative estimate of drug-likeness (QED) is 0.557. The van der Waals surface area contributed by atoms with Crippen LogP contribution in [0.1, 0.15) is 26.3 Å². The summed E-state index contributed by atoms with van der Waals surface area (Å²) >= 11 is 0. The Morgan fingerprint density at radius 3 is 2.75 bits per heavy atom. The van der Waals surface area contributed by atoms with Crippen LogP contribution in [0.15, 0.2) is 18.2 Å². The van der Waals surface area contributed by atoms with E-state index in [9.17, 15) is 10.1 Å². The molecule has 0 saturated carbocycles. The third-order valence-electron chi connectivity index (χ3n) is 2.76. The largest absolute Gasteiger partial charge is 0.379 e. The topological polar surface area (TPSA) is 73.6 Å². The fourth-order valence-electron chi connectivity index (χ4n) is 1.80. The molecular formula is C14H22N2O4. The molecule has 0 bridgehead atoms. The van der Waals surface area contributed by atoms with Crippen LogP contribution in [0.3, 0.4) is 0 Å². The zero-order valence-corrected chi connectivity index (χ0v) is 12.2. The van der Waals surface area contributed by atoms with Gasteiger partial charge in [-0.3, -0.25) is 10.1 Å². The summed E-state index contributed by atoms with van der Waals surface area (Å²) in [5, 5.41) is 14.1. The fourth-order valence-corrected chi connectivity index (χ4v) is 1.80. The molecule has 1 unspecified atom stereocenters. The minimum absolute atomic E-state index is 0.0521. The van der Waals surface area contributed by atoms with Gasteiger partial charge in [0.2, 0.25) is 0 Å². The maximum atomic E-state index is 11.0. The molecule has 1 aromatic rings. The van der Waals surface area contributed by atoms with Crippen molar-refractivity contribution in [2.24, 2.45) is 0 Å². The zero-order chi connectivity index (χ0) is 15.0. The Bertz CT molecular complexity index is 437. The number of para-hydroxylation sites is 1. The van der Waals surface area contributed by atoms with Crippen LogP contribution in [0.5, 0.6) is 0 Å². The van der Waals surface area contributed by atoms with Gasteiger partial charge in [-0.1, -0.05) is 12.1 Å². The summed E-state index contributed by atoms with van der Waals surface area (Å²) in [5.41, 5.74) is 1.39. The van der Waals surface area contributed by atoms with E-state index in [0.717, 1.165) is 5.56 Å². The van der Waals surface area contributed by atoms with E-state index in [2.05, 4.69) is 5.32 Å². The molecule has 0 heterocycles. The lowest BCUT2D eigenvalue weighted by atomic mass is 10.1. The molecule has 112 valence electrons. The number of rotatable bonds is 9. The van der Waals surface area contributed by atoms with E-state index >= 15 is 0 Å². The standard InChI is InChI=1S/C14H22N2O4/c1-4-15-14-12(7-6-8-13(14)16(17)18)10-20-11(3)9-19-5-2/h6-8,11,15H,4-5,9-10H2,1-3H3. The van der Waals surface area contributed by atoms with Gasteiger partial charge in [0.05, 0.1) is 24.2 Å². The van der Waals surface area contributed by atoms with Crippen LogP contribution in [-0.4, -0.2) is 30.8 Å². The third kappa shape index (κ3) is 4.79. The van der Waals surface area contributed by atoms with E-state index in [1.54, 1.807) is 6.07 Å². The number of nitrogens with one attached hydrogen (secondary N) is 1. The van der Waals surface area contributed by atoms with Crippen molar-refractivity contribution in [2.75, 3.05) is 25.1 Å². The minimum atomic E-state index is -0.384. The van der Waals surface area contributed by atoms with Gasteiger partial charge in [0.1, 0.15) is 5.69 Å². The highest BCUT2D eigenvalue weighted by atomic mass is 16.6. The van der Waals surface area contributed by atoms with E-state index in [1.807, 2.05) is 26.8 Å². The van der Waals surface area contributed by atoms with Gasteiger partial charge in [0, 0.05) is 24.8 Å². The van der Waals surface area contributed by atoms with Crippen molar-refractivity contribution >= 4 is 11.4 Å². The van der Waals surface area contributed by atoms with Crippen molar-refractivity contribution in [3.8, 4) is 0 Å². The summed E-state index contributed by atoms with van der Waals surface area (Å²) in [6.45, 7) is 7.84. The van der Waals surface area contributed by atoms with E-state index < -0.39 is 0 Å². The number of nitrogens with zero attached hydrogens (tertiary/aromatic N) is 1. The predicted molar refractivity (Wildman–Crippen MR) is 78.0 cm³/mol. The van der Waals surface area contributed by atoms with Crippen molar-refractivity contribution in [3.05, 3.63) is 33.9 Å². The van der Waals surface area contributed by atoms with E-state index in [0.29, 0.717) is 32.1 Å². The van der Waals surface area contributed by atoms with Crippen molar-refractivity contribution < 1.29 is 14.4 Å². The average Bonchev–Trinajstić information content (AvgIpc) is 2.43. The van der Waals surface area contributed by atoms with Gasteiger partial charge in [0.25, 0.3) is 5.69 Å². The lowest BCUT2D eigenvalue weighted by Gasteiger charge is -2.15. The third-order valence-corrected chi connectivity index (χ3v) is 2.76. The predicted octanol–water partition coefficient (Wildman–Crippen LogP) is 2.97. The minimum Gasteiger partial charge on any atom is -0.379 e. The SMILES string of the molecule is CCNc1c(COC(C)COCC)cccc1[N+](=O)[O-]. The van der Waals surface area contributed by atoms with E-state index in [1.165, 1.54) is 6.07 Å². The van der Waals surface area contributed by atoms with Crippen LogP contribution in [0, 0.1) is 10.1 Å². The van der Waals surface area contributed by atoms with Gasteiger partial charge in [-0.25, -0.2) is 0 Å². The van der Waals surface area contributed by atoms with Crippen LogP contribution < -0.4 is 5.32 Å². The average molecular weight is 282 g/mol. The van der Waals surface area contributed by atoms with Crippen LogP contribution in [-0.2, 0) is 16.1 Å². The molecule has 0 fully saturated rings. The molecule has 0 spiro atoms. The van der Waals surface area contributed by atoms with Crippen molar-refractivity contribution in [3.63, 3.8) is 0 Å². The first-order valence-electron chi connectivity index (χ1n) is 6.79. The molecule has 1 rings (SSSR count). The van der Waals surface area contributed by atoms with Gasteiger partial charge in [-0.15, -0.1) is 0 Å². The molecule has 1 aromatic carbocycles. The van der Waals surface area contributed by atoms with Crippen LogP contribution >= 0.6 is 0 Å². The summed E-state index contributed by atoms with van der Waals surface area (Å²) in [4.78, 5) is 10.6. The molecule has 0 aliphatic rings. The smallest absolute Gasteiger partial charge is 0.292 e. The Morgan fingerprint density at radius 1 is 1.40 bits per heavy atom. The van der Waals surface area contributed by atoms with Crippen molar-refractivity contribution in [2.45, 2.75) is 33.5 Å². The maximum Gasteiger partial charge on any atom is 0.292 e. The molecule has 6 heteroatoms. The molecule has 1 atom stereocenters. The van der Waals surface area contributed by atoms with Gasteiger partial charge in [-0.05, 0) is 20.8 Å². The van der Waals surface area contributed by atoms with Gasteiger partial charge in [0.15, 0.2) is 0 Å². The first kappa shape index (κ1) is 16.4. The molecule has 6 nitrogen and oxygen atoms in total. The first-order chi connectivity index (χ1) is 9.60. The maximum absolute atomic E-state index is 11.0. The van der Waals surface area contributed by atoms with E-state index in [4.69, 9.17) is 9.47 Å². The molecule has 1 N–H and O–H groups in total. The molecule has 0 radical (unpaired) electrons. The normalized spacial score (nSPS) is 12.2. The van der Waals surface area contributed by atoms with Crippen LogP contribution in [0.25, 0.3) is 0 Å². The van der Waals surface area contributed by atoms with E-state index in [-0.39, 0.29) is 16.7 Å². The highest BCUT2D eigenvalue weighted by molar-refractivity contribution is 5.66. The van der Waals surface area contributed by atoms with Gasteiger partial charge < -0.3 is 14.8 Å². The summed E-state index contributed by atoms with van der Waals surface area (Å²) in [6.07, 6.45) is -0.0521. The number of nitro groups is 1. The summed E-state index contributed by atoms with van der Waals surface area (Å²) in [5.74, 6) is 0. The number of benzene rings is 1. The Hall–Kier alpha value is -1.66. The Balaban J connectivity index is 2.78. The molecular weight excluding hydrogens is 260 g/mol. The number of ether oxygens (including phenoxy) is 2. The highest BCUT2D eigenvalue weighted by Gasteiger charge is 2.17. The molecule has 0 saturated heterocycles. The lowest BCUT2D eigenvalue weighted by molar-refractivity contribution is -0.384. The molecule has 0 aliphatic heterocycles. The van der Waals surface area contributed by atoms with Gasteiger partial charge >= 0.3 is 0 Å². The Kier molecular flexibility index (Phi) is 6.97. The number of hydrogen-bond donors (Lipinski definition) is 1. The Labute approximate surface area is 119 Å². The molecule has 0 amide bonds. The van der Waals surface area contributed by atoms with Crippen LogP contribution in [0.4, 0.5) is 11.4 Å². The zero-order valence-electron chi connectivity index (χ0n) is 12.2. The van der Waals surface area contributed by atoms with Gasteiger partial charge in [-0.2, -0.15) is 0 Å². The second-order valence-corrected chi connectivity index (χ2v) is 4.38. The molecule has 0 aromatic heterocycles. The van der Waals surface area contributed by atoms with Crippen LogP contribution in [0.2, 0.25) is 0 Å². The second-order valence-electron chi connectivity index (χ2n) is 4.38. The number of nitro benzene ring substituents is 1. The highest BCUT2D eigenvalue weighted by Crippen LogP contribution is 2.28. The second kappa shape index (κ2) is 8.50.